The fourth-order valence-electron chi connectivity index (χ4n) is 2.59. The zero-order chi connectivity index (χ0) is 16.2. The van der Waals surface area contributed by atoms with E-state index in [1.165, 1.54) is 12.1 Å². The van der Waals surface area contributed by atoms with Crippen LogP contribution in [0.2, 0.25) is 5.02 Å². The van der Waals surface area contributed by atoms with Gasteiger partial charge in [0, 0.05) is 18.9 Å². The Labute approximate surface area is 133 Å². The average molecular weight is 324 g/mol. The summed E-state index contributed by atoms with van der Waals surface area (Å²) in [6, 6.07) is 4.42. The standard InChI is InChI=1S/C16H18ClNO4/c1-2-5-16(6-8-22-9-7-16)15(21)18-11-3-4-13(17)12(10-11)14(19)20/h2-4,10H,1,5-9H2,(H,18,21)(H,19,20). The van der Waals surface area contributed by atoms with Gasteiger partial charge in [0.15, 0.2) is 0 Å². The Morgan fingerprint density at radius 1 is 1.41 bits per heavy atom. The molecule has 118 valence electrons. The van der Waals surface area contributed by atoms with Crippen LogP contribution in [0.1, 0.15) is 29.6 Å². The number of hydrogen-bond donors (Lipinski definition) is 2. The number of carbonyl (C=O) groups excluding carboxylic acids is 1. The van der Waals surface area contributed by atoms with Crippen LogP contribution in [-0.4, -0.2) is 30.2 Å². The van der Waals surface area contributed by atoms with Crippen molar-refractivity contribution in [2.45, 2.75) is 19.3 Å². The molecule has 0 unspecified atom stereocenters. The number of amides is 1. The van der Waals surface area contributed by atoms with Gasteiger partial charge in [-0.3, -0.25) is 4.79 Å². The minimum absolute atomic E-state index is 0.0378. The van der Waals surface area contributed by atoms with Gasteiger partial charge < -0.3 is 15.2 Å². The van der Waals surface area contributed by atoms with E-state index in [9.17, 15) is 9.59 Å². The number of carboxylic acid groups (broad SMARTS) is 1. The molecule has 1 amide bonds. The van der Waals surface area contributed by atoms with Crippen LogP contribution in [0.3, 0.4) is 0 Å². The van der Waals surface area contributed by atoms with E-state index in [2.05, 4.69) is 11.9 Å². The molecule has 1 aliphatic heterocycles. The predicted octanol–water partition coefficient (Wildman–Crippen LogP) is 3.35. The van der Waals surface area contributed by atoms with Gasteiger partial charge in [-0.25, -0.2) is 4.79 Å². The smallest absolute Gasteiger partial charge is 0.337 e. The summed E-state index contributed by atoms with van der Waals surface area (Å²) in [5, 5.41) is 12.0. The van der Waals surface area contributed by atoms with Gasteiger partial charge in [0.2, 0.25) is 5.91 Å². The monoisotopic (exact) mass is 323 g/mol. The molecule has 5 nitrogen and oxygen atoms in total. The van der Waals surface area contributed by atoms with Gasteiger partial charge in [-0.05, 0) is 37.5 Å². The van der Waals surface area contributed by atoms with Gasteiger partial charge in [0.05, 0.1) is 16.0 Å². The first-order chi connectivity index (χ1) is 10.5. The SMILES string of the molecule is C=CCC1(C(=O)Nc2ccc(Cl)c(C(=O)O)c2)CCOCC1. The molecule has 0 atom stereocenters. The van der Waals surface area contributed by atoms with Crippen LogP contribution >= 0.6 is 11.6 Å². The Morgan fingerprint density at radius 3 is 2.68 bits per heavy atom. The lowest BCUT2D eigenvalue weighted by molar-refractivity contribution is -0.130. The van der Waals surface area contributed by atoms with Crippen LogP contribution in [-0.2, 0) is 9.53 Å². The van der Waals surface area contributed by atoms with Crippen LogP contribution in [0.5, 0.6) is 0 Å². The van der Waals surface area contributed by atoms with Gasteiger partial charge in [-0.15, -0.1) is 6.58 Å². The van der Waals surface area contributed by atoms with E-state index in [-0.39, 0.29) is 16.5 Å². The molecule has 1 aromatic carbocycles. The molecule has 6 heteroatoms. The molecule has 2 N–H and O–H groups in total. The van der Waals surface area contributed by atoms with Crippen molar-refractivity contribution in [2.24, 2.45) is 5.41 Å². The van der Waals surface area contributed by atoms with Crippen molar-refractivity contribution in [3.8, 4) is 0 Å². The van der Waals surface area contributed by atoms with Crippen LogP contribution in [0.25, 0.3) is 0 Å². The zero-order valence-corrected chi connectivity index (χ0v) is 12.9. The quantitative estimate of drug-likeness (QED) is 0.815. The molecule has 0 aliphatic carbocycles. The van der Waals surface area contributed by atoms with E-state index in [1.54, 1.807) is 12.1 Å². The summed E-state index contributed by atoms with van der Waals surface area (Å²) >= 11 is 5.83. The molecule has 0 spiro atoms. The lowest BCUT2D eigenvalue weighted by Gasteiger charge is -2.35. The second-order valence-corrected chi connectivity index (χ2v) is 5.75. The van der Waals surface area contributed by atoms with Crippen molar-refractivity contribution in [1.82, 2.24) is 0 Å². The molecule has 22 heavy (non-hydrogen) atoms. The molecule has 1 aromatic rings. The first-order valence-corrected chi connectivity index (χ1v) is 7.39. The second kappa shape index (κ2) is 6.94. The third-order valence-electron chi connectivity index (χ3n) is 3.92. The predicted molar refractivity (Wildman–Crippen MR) is 84.3 cm³/mol. The molecule has 1 heterocycles. The number of carbonyl (C=O) groups is 2. The number of benzene rings is 1. The van der Waals surface area contributed by atoms with Gasteiger partial charge in [-0.1, -0.05) is 17.7 Å². The lowest BCUT2D eigenvalue weighted by atomic mass is 9.76. The fraction of sp³-hybridized carbons (Fsp3) is 0.375. The highest BCUT2D eigenvalue weighted by molar-refractivity contribution is 6.33. The van der Waals surface area contributed by atoms with Gasteiger partial charge in [0.1, 0.15) is 0 Å². The number of carboxylic acids is 1. The second-order valence-electron chi connectivity index (χ2n) is 5.34. The Hall–Kier alpha value is -1.85. The van der Waals surface area contributed by atoms with E-state index in [0.29, 0.717) is 38.2 Å². The molecule has 1 fully saturated rings. The summed E-state index contributed by atoms with van der Waals surface area (Å²) in [4.78, 5) is 23.8. The lowest BCUT2D eigenvalue weighted by Crippen LogP contribution is -2.40. The van der Waals surface area contributed by atoms with E-state index >= 15 is 0 Å². The zero-order valence-electron chi connectivity index (χ0n) is 12.1. The summed E-state index contributed by atoms with van der Waals surface area (Å²) in [5.74, 6) is -1.28. The molecule has 2 rings (SSSR count). The molecule has 0 bridgehead atoms. The molecule has 0 aromatic heterocycles. The summed E-state index contributed by atoms with van der Waals surface area (Å²) in [7, 11) is 0. The fourth-order valence-corrected chi connectivity index (χ4v) is 2.79. The van der Waals surface area contributed by atoms with Crippen molar-refractivity contribution in [1.29, 1.82) is 0 Å². The van der Waals surface area contributed by atoms with Crippen molar-refractivity contribution >= 4 is 29.2 Å². The maximum atomic E-state index is 12.7. The van der Waals surface area contributed by atoms with Crippen LogP contribution in [0, 0.1) is 5.41 Å². The first kappa shape index (κ1) is 16.5. The number of halogens is 1. The number of allylic oxidation sites excluding steroid dienone is 1. The molecule has 1 saturated heterocycles. The summed E-state index contributed by atoms with van der Waals surface area (Å²) in [6.07, 6.45) is 3.52. The van der Waals surface area contributed by atoms with E-state index in [4.69, 9.17) is 21.4 Å². The van der Waals surface area contributed by atoms with Crippen molar-refractivity contribution in [3.63, 3.8) is 0 Å². The number of hydrogen-bond acceptors (Lipinski definition) is 3. The Bertz CT molecular complexity index is 594. The summed E-state index contributed by atoms with van der Waals surface area (Å²) in [6.45, 7) is 4.78. The van der Waals surface area contributed by atoms with Gasteiger partial charge in [-0.2, -0.15) is 0 Å². The number of anilines is 1. The summed E-state index contributed by atoms with van der Waals surface area (Å²) in [5.41, 5.74) is -0.172. The van der Waals surface area contributed by atoms with Gasteiger partial charge >= 0.3 is 5.97 Å². The molecular weight excluding hydrogens is 306 g/mol. The molecule has 1 aliphatic rings. The Kier molecular flexibility index (Phi) is 5.21. The number of nitrogens with one attached hydrogen (secondary N) is 1. The van der Waals surface area contributed by atoms with Crippen molar-refractivity contribution in [3.05, 3.63) is 41.4 Å². The Balaban J connectivity index is 2.21. The number of rotatable bonds is 5. The highest BCUT2D eigenvalue weighted by atomic mass is 35.5. The van der Waals surface area contributed by atoms with E-state index in [1.807, 2.05) is 0 Å². The van der Waals surface area contributed by atoms with E-state index in [0.717, 1.165) is 0 Å². The maximum absolute atomic E-state index is 12.7. The molecule has 0 radical (unpaired) electrons. The van der Waals surface area contributed by atoms with Crippen LogP contribution in [0.15, 0.2) is 30.9 Å². The van der Waals surface area contributed by atoms with Crippen LogP contribution < -0.4 is 5.32 Å². The topological polar surface area (TPSA) is 75.6 Å². The van der Waals surface area contributed by atoms with Crippen molar-refractivity contribution < 1.29 is 19.4 Å². The summed E-state index contributed by atoms with van der Waals surface area (Å²) < 4.78 is 5.33. The minimum atomic E-state index is -1.13. The van der Waals surface area contributed by atoms with Crippen molar-refractivity contribution in [2.75, 3.05) is 18.5 Å². The minimum Gasteiger partial charge on any atom is -0.478 e. The number of ether oxygens (including phenoxy) is 1. The normalized spacial score (nSPS) is 16.8. The average Bonchev–Trinajstić information content (AvgIpc) is 2.50. The molecular formula is C16H18ClNO4. The van der Waals surface area contributed by atoms with Crippen LogP contribution in [0.4, 0.5) is 5.69 Å². The van der Waals surface area contributed by atoms with E-state index < -0.39 is 11.4 Å². The maximum Gasteiger partial charge on any atom is 0.337 e. The van der Waals surface area contributed by atoms with Gasteiger partial charge in [0.25, 0.3) is 0 Å². The first-order valence-electron chi connectivity index (χ1n) is 7.01. The highest BCUT2D eigenvalue weighted by Crippen LogP contribution is 2.36. The Morgan fingerprint density at radius 2 is 2.09 bits per heavy atom. The molecule has 0 saturated carbocycles. The number of aromatic carboxylic acids is 1. The third-order valence-corrected chi connectivity index (χ3v) is 4.25. The third kappa shape index (κ3) is 3.48. The highest BCUT2D eigenvalue weighted by Gasteiger charge is 2.38. The largest absolute Gasteiger partial charge is 0.478 e.